The Kier molecular flexibility index (Phi) is 8.43. The van der Waals surface area contributed by atoms with Gasteiger partial charge in [-0.15, -0.1) is 24.0 Å². The van der Waals surface area contributed by atoms with Gasteiger partial charge >= 0.3 is 0 Å². The second-order valence-corrected chi connectivity index (χ2v) is 8.66. The first-order valence-corrected chi connectivity index (χ1v) is 11.3. The highest BCUT2D eigenvalue weighted by molar-refractivity contribution is 14.0. The number of rotatable bonds is 8. The Labute approximate surface area is 211 Å². The quantitative estimate of drug-likeness (QED) is 0.125. The molecule has 9 heteroatoms. The Morgan fingerprint density at radius 2 is 1.88 bits per heavy atom. The van der Waals surface area contributed by atoms with Crippen LogP contribution in [0.4, 0.5) is 0 Å². The molecule has 2 N–H and O–H groups in total. The third-order valence-corrected chi connectivity index (χ3v) is 6.65. The van der Waals surface area contributed by atoms with E-state index in [-0.39, 0.29) is 59.5 Å². The zero-order valence-electron chi connectivity index (χ0n) is 18.3. The normalized spacial score (nSPS) is 25.7. The number of likely N-dealkylation sites (tertiary alicyclic amines) is 1. The maximum atomic E-state index is 12.7. The average molecular weight is 573 g/mol. The average Bonchev–Trinajstić information content (AvgIpc) is 3.44. The zero-order valence-corrected chi connectivity index (χ0v) is 21.4. The lowest BCUT2D eigenvalue weighted by molar-refractivity contribution is -0.140. The highest BCUT2D eigenvalue weighted by Gasteiger charge is 2.58. The molecule has 32 heavy (non-hydrogen) atoms. The minimum absolute atomic E-state index is 0. The van der Waals surface area contributed by atoms with Crippen molar-refractivity contribution in [2.24, 2.45) is 28.7 Å². The lowest BCUT2D eigenvalue weighted by Gasteiger charge is -2.18. The number of halogens is 2. The first-order valence-electron chi connectivity index (χ1n) is 10.9. The number of allylic oxidation sites excluding steroid dienone is 2. The SMILES string of the molecule is CCOc1cc(Cl)ccc1CNC(=NC)NCCCN1C(=O)C2C3C=CC(C3)C2C1=O.I. The summed E-state index contributed by atoms with van der Waals surface area (Å²) in [4.78, 5) is 31.2. The molecular weight excluding hydrogens is 543 g/mol. The highest BCUT2D eigenvalue weighted by atomic mass is 127. The van der Waals surface area contributed by atoms with E-state index in [0.29, 0.717) is 43.6 Å². The van der Waals surface area contributed by atoms with Crippen LogP contribution in [0, 0.1) is 23.7 Å². The van der Waals surface area contributed by atoms with E-state index >= 15 is 0 Å². The minimum Gasteiger partial charge on any atom is -0.493 e. The van der Waals surface area contributed by atoms with Crippen LogP contribution in [0.15, 0.2) is 35.3 Å². The van der Waals surface area contributed by atoms with E-state index in [1.807, 2.05) is 19.1 Å². The number of ether oxygens (including phenoxy) is 1. The number of nitrogens with zero attached hydrogens (tertiary/aromatic N) is 2. The molecule has 174 valence electrons. The molecule has 0 spiro atoms. The van der Waals surface area contributed by atoms with E-state index in [1.165, 1.54) is 4.90 Å². The van der Waals surface area contributed by atoms with Gasteiger partial charge in [0.2, 0.25) is 11.8 Å². The number of carbonyl (C=O) groups excluding carboxylic acids is 2. The Morgan fingerprint density at radius 1 is 1.19 bits per heavy atom. The third-order valence-electron chi connectivity index (χ3n) is 6.41. The van der Waals surface area contributed by atoms with Crippen molar-refractivity contribution in [3.63, 3.8) is 0 Å². The highest BCUT2D eigenvalue weighted by Crippen LogP contribution is 2.52. The second kappa shape index (κ2) is 10.9. The fraction of sp³-hybridized carbons (Fsp3) is 0.522. The zero-order chi connectivity index (χ0) is 22.0. The number of carbonyl (C=O) groups is 2. The van der Waals surface area contributed by atoms with Gasteiger partial charge in [-0.05, 0) is 43.7 Å². The minimum atomic E-state index is -0.121. The number of benzene rings is 1. The summed E-state index contributed by atoms with van der Waals surface area (Å²) in [6.45, 7) is 4.08. The fourth-order valence-corrected chi connectivity index (χ4v) is 5.15. The van der Waals surface area contributed by atoms with E-state index in [1.54, 1.807) is 13.1 Å². The van der Waals surface area contributed by atoms with Crippen molar-refractivity contribution in [1.29, 1.82) is 0 Å². The van der Waals surface area contributed by atoms with Crippen LogP contribution in [0.25, 0.3) is 0 Å². The summed E-state index contributed by atoms with van der Waals surface area (Å²) < 4.78 is 5.65. The molecular formula is C23H30ClIN4O3. The molecule has 4 unspecified atom stereocenters. The van der Waals surface area contributed by atoms with Crippen LogP contribution in [0.2, 0.25) is 5.02 Å². The van der Waals surface area contributed by atoms with E-state index in [2.05, 4.69) is 27.8 Å². The predicted molar refractivity (Wildman–Crippen MR) is 135 cm³/mol. The Hall–Kier alpha value is -1.81. The van der Waals surface area contributed by atoms with Crippen molar-refractivity contribution in [2.75, 3.05) is 26.7 Å². The van der Waals surface area contributed by atoms with Crippen molar-refractivity contribution < 1.29 is 14.3 Å². The van der Waals surface area contributed by atoms with E-state index in [9.17, 15) is 9.59 Å². The Balaban J connectivity index is 0.00000289. The molecule has 2 fully saturated rings. The van der Waals surface area contributed by atoms with Gasteiger partial charge in [0.25, 0.3) is 0 Å². The molecule has 4 atom stereocenters. The molecule has 2 amide bonds. The van der Waals surface area contributed by atoms with Gasteiger partial charge in [-0.1, -0.05) is 29.8 Å². The summed E-state index contributed by atoms with van der Waals surface area (Å²) in [6, 6.07) is 5.56. The molecule has 1 aromatic carbocycles. The van der Waals surface area contributed by atoms with Crippen LogP contribution in [0.5, 0.6) is 5.75 Å². The first-order chi connectivity index (χ1) is 15.0. The number of hydrogen-bond donors (Lipinski definition) is 2. The molecule has 3 aliphatic rings. The van der Waals surface area contributed by atoms with Crippen LogP contribution in [0.3, 0.4) is 0 Å². The molecule has 0 aromatic heterocycles. The number of nitrogens with one attached hydrogen (secondary N) is 2. The number of guanidine groups is 1. The summed E-state index contributed by atoms with van der Waals surface area (Å²) >= 11 is 6.06. The molecule has 1 heterocycles. The van der Waals surface area contributed by atoms with Crippen LogP contribution in [-0.2, 0) is 16.1 Å². The van der Waals surface area contributed by atoms with Crippen molar-refractivity contribution in [3.8, 4) is 5.75 Å². The molecule has 4 rings (SSSR count). The summed E-state index contributed by atoms with van der Waals surface area (Å²) in [5.41, 5.74) is 0.984. The number of amides is 2. The Bertz CT molecular complexity index is 893. The maximum Gasteiger partial charge on any atom is 0.233 e. The second-order valence-electron chi connectivity index (χ2n) is 8.22. The van der Waals surface area contributed by atoms with Gasteiger partial charge in [-0.3, -0.25) is 19.5 Å². The Morgan fingerprint density at radius 3 is 2.50 bits per heavy atom. The smallest absolute Gasteiger partial charge is 0.233 e. The van der Waals surface area contributed by atoms with E-state index in [0.717, 1.165) is 17.7 Å². The molecule has 1 saturated heterocycles. The molecule has 1 saturated carbocycles. The lowest BCUT2D eigenvalue weighted by Crippen LogP contribution is -2.39. The van der Waals surface area contributed by atoms with Gasteiger partial charge in [-0.2, -0.15) is 0 Å². The van der Waals surface area contributed by atoms with Gasteiger partial charge in [0.05, 0.1) is 18.4 Å². The lowest BCUT2D eigenvalue weighted by atomic mass is 9.85. The van der Waals surface area contributed by atoms with Crippen molar-refractivity contribution in [2.45, 2.75) is 26.3 Å². The summed E-state index contributed by atoms with van der Waals surface area (Å²) in [5.74, 6) is 1.70. The number of aliphatic imine (C=N–C) groups is 1. The molecule has 2 aliphatic carbocycles. The van der Waals surface area contributed by atoms with Crippen LogP contribution < -0.4 is 15.4 Å². The molecule has 7 nitrogen and oxygen atoms in total. The third kappa shape index (κ3) is 4.90. The number of fused-ring (bicyclic) bond motifs is 5. The monoisotopic (exact) mass is 572 g/mol. The van der Waals surface area contributed by atoms with Crippen LogP contribution >= 0.6 is 35.6 Å². The summed E-state index contributed by atoms with van der Waals surface area (Å²) in [5, 5.41) is 7.14. The van der Waals surface area contributed by atoms with Crippen molar-refractivity contribution in [1.82, 2.24) is 15.5 Å². The molecule has 0 radical (unpaired) electrons. The molecule has 1 aromatic rings. The first kappa shape index (κ1) is 24.8. The summed E-state index contributed by atoms with van der Waals surface area (Å²) in [6.07, 6.45) is 5.87. The summed E-state index contributed by atoms with van der Waals surface area (Å²) in [7, 11) is 1.71. The maximum absolute atomic E-state index is 12.7. The predicted octanol–water partition coefficient (Wildman–Crippen LogP) is 3.22. The number of hydrogen-bond acceptors (Lipinski definition) is 4. The van der Waals surface area contributed by atoms with Crippen molar-refractivity contribution >= 4 is 53.4 Å². The van der Waals surface area contributed by atoms with Gasteiger partial charge in [-0.25, -0.2) is 0 Å². The fourth-order valence-electron chi connectivity index (χ4n) is 4.99. The van der Waals surface area contributed by atoms with E-state index < -0.39 is 0 Å². The topological polar surface area (TPSA) is 83.0 Å². The molecule has 2 bridgehead atoms. The van der Waals surface area contributed by atoms with Crippen LogP contribution in [0.1, 0.15) is 25.3 Å². The number of imide groups is 1. The van der Waals surface area contributed by atoms with Gasteiger partial charge < -0.3 is 15.4 Å². The van der Waals surface area contributed by atoms with Crippen molar-refractivity contribution in [3.05, 3.63) is 40.9 Å². The van der Waals surface area contributed by atoms with E-state index in [4.69, 9.17) is 16.3 Å². The standard InChI is InChI=1S/C23H29ClN4O3.HI/c1-3-31-18-12-17(24)8-7-16(18)13-27-23(25-2)26-9-4-10-28-21(29)19-14-5-6-15(11-14)20(19)22(28)30;/h5-8,12,14-15,19-20H,3-4,9-11,13H2,1-2H3,(H2,25,26,27);1H. The largest absolute Gasteiger partial charge is 0.493 e. The van der Waals surface area contributed by atoms with Gasteiger partial charge in [0.15, 0.2) is 5.96 Å². The van der Waals surface area contributed by atoms with Crippen LogP contribution in [-0.4, -0.2) is 49.4 Å². The van der Waals surface area contributed by atoms with Gasteiger partial charge in [0, 0.05) is 37.3 Å². The molecule has 1 aliphatic heterocycles. The van der Waals surface area contributed by atoms with Gasteiger partial charge in [0.1, 0.15) is 5.75 Å².